The molecule has 1 fully saturated rings. The van der Waals surface area contributed by atoms with Crippen LogP contribution in [0.4, 0.5) is 0 Å². The molecule has 2 heteroatoms. The second-order valence-corrected chi connectivity index (χ2v) is 5.84. The van der Waals surface area contributed by atoms with E-state index in [0.29, 0.717) is 12.1 Å². The molecule has 1 aliphatic rings. The van der Waals surface area contributed by atoms with Gasteiger partial charge in [0.15, 0.2) is 0 Å². The third kappa shape index (κ3) is 2.82. The molecule has 0 spiro atoms. The summed E-state index contributed by atoms with van der Waals surface area (Å²) in [6.45, 7) is 12.7. The molecule has 0 saturated carbocycles. The molecule has 2 atom stereocenters. The van der Waals surface area contributed by atoms with Gasteiger partial charge in [-0.1, -0.05) is 36.4 Å². The van der Waals surface area contributed by atoms with Gasteiger partial charge in [-0.15, -0.1) is 6.58 Å². The fraction of sp³-hybridized carbons (Fsp3) is 0.500. The third-order valence-corrected chi connectivity index (χ3v) is 3.80. The van der Waals surface area contributed by atoms with Crippen LogP contribution >= 0.6 is 0 Å². The summed E-state index contributed by atoms with van der Waals surface area (Å²) in [5.74, 6) is 0. The molecular formula is C16H24N2. The fourth-order valence-corrected chi connectivity index (χ4v) is 2.66. The Labute approximate surface area is 111 Å². The van der Waals surface area contributed by atoms with Crippen molar-refractivity contribution in [1.82, 2.24) is 10.2 Å². The van der Waals surface area contributed by atoms with Crippen LogP contribution in [-0.2, 0) is 0 Å². The highest BCUT2D eigenvalue weighted by molar-refractivity contribution is 5.21. The molecule has 1 aromatic carbocycles. The van der Waals surface area contributed by atoms with Gasteiger partial charge in [-0.2, -0.15) is 0 Å². The number of piperazine rings is 1. The average molecular weight is 244 g/mol. The molecule has 0 amide bonds. The zero-order chi connectivity index (χ0) is 13.2. The van der Waals surface area contributed by atoms with Crippen molar-refractivity contribution in [1.29, 1.82) is 0 Å². The van der Waals surface area contributed by atoms with Gasteiger partial charge in [-0.3, -0.25) is 4.90 Å². The van der Waals surface area contributed by atoms with Crippen molar-refractivity contribution in [2.24, 2.45) is 0 Å². The Kier molecular flexibility index (Phi) is 3.88. The molecule has 0 aromatic heterocycles. The summed E-state index contributed by atoms with van der Waals surface area (Å²) in [6.07, 6.45) is 2.04. The first-order valence-corrected chi connectivity index (χ1v) is 6.72. The second kappa shape index (κ2) is 5.25. The molecule has 2 rings (SSSR count). The number of hydrogen-bond donors (Lipinski definition) is 1. The maximum Gasteiger partial charge on any atom is 0.0479 e. The van der Waals surface area contributed by atoms with Crippen LogP contribution in [0.5, 0.6) is 0 Å². The minimum Gasteiger partial charge on any atom is -0.309 e. The lowest BCUT2D eigenvalue weighted by Gasteiger charge is -2.47. The van der Waals surface area contributed by atoms with E-state index in [1.165, 1.54) is 5.56 Å². The molecule has 0 aliphatic carbocycles. The molecule has 0 bridgehead atoms. The Morgan fingerprint density at radius 1 is 1.39 bits per heavy atom. The van der Waals surface area contributed by atoms with E-state index in [-0.39, 0.29) is 5.54 Å². The first-order chi connectivity index (χ1) is 8.53. The highest BCUT2D eigenvalue weighted by Gasteiger charge is 2.34. The smallest absolute Gasteiger partial charge is 0.0479 e. The van der Waals surface area contributed by atoms with E-state index in [1.54, 1.807) is 0 Å². The van der Waals surface area contributed by atoms with Gasteiger partial charge in [0.2, 0.25) is 0 Å². The van der Waals surface area contributed by atoms with E-state index in [0.717, 1.165) is 13.1 Å². The maximum atomic E-state index is 3.95. The summed E-state index contributed by atoms with van der Waals surface area (Å²) in [4.78, 5) is 2.54. The molecule has 1 aromatic rings. The van der Waals surface area contributed by atoms with Crippen molar-refractivity contribution in [2.45, 2.75) is 38.4 Å². The zero-order valence-corrected chi connectivity index (χ0v) is 11.7. The lowest BCUT2D eigenvalue weighted by Crippen LogP contribution is -2.59. The minimum absolute atomic E-state index is 0.169. The van der Waals surface area contributed by atoms with Crippen LogP contribution in [0.25, 0.3) is 0 Å². The van der Waals surface area contributed by atoms with Crippen LogP contribution in [0.2, 0.25) is 0 Å². The number of hydrogen-bond acceptors (Lipinski definition) is 2. The highest BCUT2D eigenvalue weighted by atomic mass is 15.3. The van der Waals surface area contributed by atoms with Crippen molar-refractivity contribution in [3.63, 3.8) is 0 Å². The van der Waals surface area contributed by atoms with E-state index in [4.69, 9.17) is 0 Å². The summed E-state index contributed by atoms with van der Waals surface area (Å²) in [7, 11) is 0. The Morgan fingerprint density at radius 2 is 2.06 bits per heavy atom. The van der Waals surface area contributed by atoms with Crippen molar-refractivity contribution in [3.05, 3.63) is 48.6 Å². The molecular weight excluding hydrogens is 220 g/mol. The average Bonchev–Trinajstić information content (AvgIpc) is 2.38. The summed E-state index contributed by atoms with van der Waals surface area (Å²) in [5.41, 5.74) is 1.55. The van der Waals surface area contributed by atoms with E-state index in [9.17, 15) is 0 Å². The first kappa shape index (κ1) is 13.3. The van der Waals surface area contributed by atoms with Crippen LogP contribution in [0.15, 0.2) is 43.0 Å². The quantitative estimate of drug-likeness (QED) is 0.822. The number of nitrogens with zero attached hydrogens (tertiary/aromatic N) is 1. The normalized spacial score (nSPS) is 25.6. The van der Waals surface area contributed by atoms with Crippen LogP contribution in [-0.4, -0.2) is 29.6 Å². The third-order valence-electron chi connectivity index (χ3n) is 3.80. The Morgan fingerprint density at radius 3 is 2.67 bits per heavy atom. The van der Waals surface area contributed by atoms with E-state index in [1.807, 2.05) is 6.08 Å². The predicted octanol–water partition coefficient (Wildman–Crippen LogP) is 2.99. The van der Waals surface area contributed by atoms with Crippen molar-refractivity contribution in [3.8, 4) is 0 Å². The van der Waals surface area contributed by atoms with Crippen LogP contribution in [0, 0.1) is 0 Å². The zero-order valence-electron chi connectivity index (χ0n) is 11.7. The number of benzene rings is 1. The van der Waals surface area contributed by atoms with Crippen LogP contribution in [0.1, 0.15) is 32.4 Å². The van der Waals surface area contributed by atoms with Crippen LogP contribution < -0.4 is 5.32 Å². The number of rotatable bonds is 3. The fourth-order valence-electron chi connectivity index (χ4n) is 2.66. The lowest BCUT2D eigenvalue weighted by atomic mass is 9.93. The van der Waals surface area contributed by atoms with Crippen LogP contribution in [0.3, 0.4) is 0 Å². The topological polar surface area (TPSA) is 15.3 Å². The molecule has 2 unspecified atom stereocenters. The molecule has 1 heterocycles. The van der Waals surface area contributed by atoms with Crippen molar-refractivity contribution < 1.29 is 0 Å². The number of nitrogens with one attached hydrogen (secondary N) is 1. The second-order valence-electron chi connectivity index (χ2n) is 5.84. The largest absolute Gasteiger partial charge is 0.309 e. The summed E-state index contributed by atoms with van der Waals surface area (Å²) in [5, 5.41) is 3.64. The van der Waals surface area contributed by atoms with E-state index < -0.39 is 0 Å². The minimum atomic E-state index is 0.169. The maximum absolute atomic E-state index is 3.95. The SMILES string of the molecule is C=CC(C)N1CC(C)(C)NCC1c1ccccc1. The Hall–Kier alpha value is -1.12. The summed E-state index contributed by atoms with van der Waals surface area (Å²) < 4.78 is 0. The van der Waals surface area contributed by atoms with Gasteiger partial charge in [-0.05, 0) is 26.3 Å². The van der Waals surface area contributed by atoms with Gasteiger partial charge in [0, 0.05) is 30.7 Å². The molecule has 18 heavy (non-hydrogen) atoms. The van der Waals surface area contributed by atoms with Gasteiger partial charge >= 0.3 is 0 Å². The monoisotopic (exact) mass is 244 g/mol. The van der Waals surface area contributed by atoms with E-state index in [2.05, 4.69) is 67.9 Å². The highest BCUT2D eigenvalue weighted by Crippen LogP contribution is 2.28. The molecule has 2 nitrogen and oxygen atoms in total. The van der Waals surface area contributed by atoms with Crippen molar-refractivity contribution >= 4 is 0 Å². The molecule has 1 aliphatic heterocycles. The molecule has 0 radical (unpaired) electrons. The van der Waals surface area contributed by atoms with Gasteiger partial charge < -0.3 is 5.32 Å². The van der Waals surface area contributed by atoms with Gasteiger partial charge in [-0.25, -0.2) is 0 Å². The molecule has 98 valence electrons. The standard InChI is InChI=1S/C16H24N2/c1-5-13(2)18-12-16(3,4)17-11-15(18)14-9-7-6-8-10-14/h5-10,13,15,17H,1,11-12H2,2-4H3. The van der Waals surface area contributed by atoms with Gasteiger partial charge in [0.1, 0.15) is 0 Å². The first-order valence-electron chi connectivity index (χ1n) is 6.72. The Balaban J connectivity index is 2.25. The predicted molar refractivity (Wildman–Crippen MR) is 77.6 cm³/mol. The molecule has 1 N–H and O–H groups in total. The summed E-state index contributed by atoms with van der Waals surface area (Å²) >= 11 is 0. The van der Waals surface area contributed by atoms with Gasteiger partial charge in [0.25, 0.3) is 0 Å². The Bertz CT molecular complexity index is 397. The summed E-state index contributed by atoms with van der Waals surface area (Å²) in [6, 6.07) is 11.6. The molecule has 1 saturated heterocycles. The van der Waals surface area contributed by atoms with E-state index >= 15 is 0 Å². The lowest BCUT2D eigenvalue weighted by molar-refractivity contribution is 0.0766. The van der Waals surface area contributed by atoms with Gasteiger partial charge in [0.05, 0.1) is 0 Å². The van der Waals surface area contributed by atoms with Crippen molar-refractivity contribution in [2.75, 3.05) is 13.1 Å².